The first-order valence-corrected chi connectivity index (χ1v) is 10.5. The van der Waals surface area contributed by atoms with Crippen LogP contribution in [0.15, 0.2) is 0 Å². The smallest absolute Gasteiger partial charge is 0.177 e. The SMILES string of the molecule is Cc1c(C)c(F)c2c(c1F)c1c(F)c(C)c(C)c(F)c1c1c(F)c3nc(C#N)c(C#N)nc3c(F)c21. The van der Waals surface area contributed by atoms with Gasteiger partial charge in [0.1, 0.15) is 46.4 Å². The second kappa shape index (κ2) is 7.53. The number of halogens is 6. The van der Waals surface area contributed by atoms with Gasteiger partial charge in [0.05, 0.1) is 0 Å². The van der Waals surface area contributed by atoms with Crippen LogP contribution in [0.2, 0.25) is 0 Å². The highest BCUT2D eigenvalue weighted by Crippen LogP contribution is 2.46. The first kappa shape index (κ1) is 23.3. The molecule has 5 rings (SSSR count). The van der Waals surface area contributed by atoms with E-state index < -0.39 is 89.6 Å². The van der Waals surface area contributed by atoms with Crippen molar-refractivity contribution >= 4 is 43.4 Å². The van der Waals surface area contributed by atoms with Crippen molar-refractivity contribution in [3.05, 3.63) is 68.5 Å². The number of rotatable bonds is 0. The number of hydrogen-bond donors (Lipinski definition) is 0. The molecule has 1 aromatic heterocycles. The van der Waals surface area contributed by atoms with Gasteiger partial charge >= 0.3 is 0 Å². The molecule has 0 aliphatic carbocycles. The molecule has 0 saturated carbocycles. The van der Waals surface area contributed by atoms with Crippen LogP contribution in [0.3, 0.4) is 0 Å². The maximum Gasteiger partial charge on any atom is 0.177 e. The number of fused-ring (bicyclic) bond motifs is 7. The number of nitrogens with zero attached hydrogens (tertiary/aromatic N) is 4. The van der Waals surface area contributed by atoms with Gasteiger partial charge in [-0.05, 0) is 49.9 Å². The summed E-state index contributed by atoms with van der Waals surface area (Å²) in [6.45, 7) is 4.87. The van der Waals surface area contributed by atoms with Gasteiger partial charge in [-0.2, -0.15) is 10.5 Å². The third kappa shape index (κ3) is 2.64. The van der Waals surface area contributed by atoms with Crippen molar-refractivity contribution < 1.29 is 26.3 Å². The highest BCUT2D eigenvalue weighted by Gasteiger charge is 2.31. The molecule has 1 heterocycles. The van der Waals surface area contributed by atoms with E-state index in [0.717, 1.165) is 0 Å². The third-order valence-electron chi connectivity index (χ3n) is 6.78. The van der Waals surface area contributed by atoms with Gasteiger partial charge in [0.2, 0.25) is 0 Å². The van der Waals surface area contributed by atoms with Gasteiger partial charge in [0.15, 0.2) is 23.0 Å². The Morgan fingerprint density at radius 1 is 0.444 bits per heavy atom. The summed E-state index contributed by atoms with van der Waals surface area (Å²) >= 11 is 0. The Labute approximate surface area is 199 Å². The van der Waals surface area contributed by atoms with Crippen LogP contribution in [0.1, 0.15) is 33.6 Å². The van der Waals surface area contributed by atoms with E-state index in [2.05, 4.69) is 9.97 Å². The molecular formula is C26H12F6N4. The Kier molecular flexibility index (Phi) is 4.87. The maximum atomic E-state index is 16.0. The van der Waals surface area contributed by atoms with Gasteiger partial charge in [0.25, 0.3) is 0 Å². The molecule has 178 valence electrons. The predicted molar refractivity (Wildman–Crippen MR) is 120 cm³/mol. The van der Waals surface area contributed by atoms with Crippen LogP contribution >= 0.6 is 0 Å². The second-order valence-corrected chi connectivity index (χ2v) is 8.48. The molecule has 0 bridgehead atoms. The van der Waals surface area contributed by atoms with E-state index in [0.29, 0.717) is 0 Å². The quantitative estimate of drug-likeness (QED) is 0.133. The van der Waals surface area contributed by atoms with Crippen LogP contribution in [0.25, 0.3) is 43.4 Å². The van der Waals surface area contributed by atoms with Crippen LogP contribution in [0, 0.1) is 85.3 Å². The Morgan fingerprint density at radius 2 is 0.667 bits per heavy atom. The number of nitriles is 2. The topological polar surface area (TPSA) is 73.4 Å². The Morgan fingerprint density at radius 3 is 0.889 bits per heavy atom. The number of aromatic nitrogens is 2. The standard InChI is InChI=1S/C26H12F6N4/c1-7-9(3)21(29)15-13(19(7)27)14-16(22(30)10(4)8(2)20(14)28)18-17(15)23(31)25-26(24(18)32)36-12(6-34)11(5-33)35-25/h1-4H3. The van der Waals surface area contributed by atoms with E-state index >= 15 is 26.3 Å². The molecule has 0 amide bonds. The molecule has 0 saturated heterocycles. The predicted octanol–water partition coefficient (Wildman–Crippen LogP) is 6.90. The largest absolute Gasteiger partial charge is 0.229 e. The highest BCUT2D eigenvalue weighted by atomic mass is 19.1. The summed E-state index contributed by atoms with van der Waals surface area (Å²) < 4.78 is 94.7. The van der Waals surface area contributed by atoms with Gasteiger partial charge in [-0.1, -0.05) is 0 Å². The van der Waals surface area contributed by atoms with Gasteiger partial charge in [0, 0.05) is 32.3 Å². The van der Waals surface area contributed by atoms with Crippen molar-refractivity contribution in [1.29, 1.82) is 10.5 Å². The minimum absolute atomic E-state index is 0.217. The first-order valence-electron chi connectivity index (χ1n) is 10.5. The van der Waals surface area contributed by atoms with Crippen LogP contribution in [0.5, 0.6) is 0 Å². The molecule has 0 aliphatic rings. The monoisotopic (exact) mass is 494 g/mol. The molecule has 0 atom stereocenters. The van der Waals surface area contributed by atoms with Crippen LogP contribution in [-0.4, -0.2) is 9.97 Å². The van der Waals surface area contributed by atoms with Crippen molar-refractivity contribution in [2.24, 2.45) is 0 Å². The van der Waals surface area contributed by atoms with Gasteiger partial charge in [-0.3, -0.25) is 0 Å². The number of benzene rings is 4. The summed E-state index contributed by atoms with van der Waals surface area (Å²) in [5.74, 6) is -7.42. The molecular weight excluding hydrogens is 482 g/mol. The highest BCUT2D eigenvalue weighted by molar-refractivity contribution is 6.28. The van der Waals surface area contributed by atoms with E-state index in [-0.39, 0.29) is 22.3 Å². The first-order chi connectivity index (χ1) is 17.0. The lowest BCUT2D eigenvalue weighted by molar-refractivity contribution is 0.594. The number of hydrogen-bond acceptors (Lipinski definition) is 4. The van der Waals surface area contributed by atoms with Crippen LogP contribution < -0.4 is 0 Å². The molecule has 0 aliphatic heterocycles. The van der Waals surface area contributed by atoms with Gasteiger partial charge in [-0.25, -0.2) is 36.3 Å². The minimum Gasteiger partial charge on any atom is -0.229 e. The van der Waals surface area contributed by atoms with Gasteiger partial charge < -0.3 is 0 Å². The minimum atomic E-state index is -1.43. The molecule has 0 fully saturated rings. The lowest BCUT2D eigenvalue weighted by Crippen LogP contribution is -2.06. The zero-order chi connectivity index (χ0) is 26.4. The molecule has 0 spiro atoms. The molecule has 0 radical (unpaired) electrons. The molecule has 10 heteroatoms. The Hall–Kier alpha value is -4.44. The van der Waals surface area contributed by atoms with Crippen molar-refractivity contribution in [2.45, 2.75) is 27.7 Å². The second-order valence-electron chi connectivity index (χ2n) is 8.48. The molecule has 4 nitrogen and oxygen atoms in total. The van der Waals surface area contributed by atoms with Crippen molar-refractivity contribution in [1.82, 2.24) is 9.97 Å². The summed E-state index contributed by atoms with van der Waals surface area (Å²) in [5, 5.41) is 13.6. The van der Waals surface area contributed by atoms with E-state index in [1.807, 2.05) is 0 Å². The fourth-order valence-corrected chi connectivity index (χ4v) is 4.61. The maximum absolute atomic E-state index is 16.0. The Balaban J connectivity index is 2.34. The summed E-state index contributed by atoms with van der Waals surface area (Å²) in [5.41, 5.74) is -3.87. The fraction of sp³-hybridized carbons (Fsp3) is 0.154. The summed E-state index contributed by atoms with van der Waals surface area (Å²) in [6, 6.07) is 3.08. The molecule has 4 aromatic carbocycles. The molecule has 0 N–H and O–H groups in total. The summed E-state index contributed by atoms with van der Waals surface area (Å²) in [4.78, 5) is 7.36. The van der Waals surface area contributed by atoms with Crippen LogP contribution in [-0.2, 0) is 0 Å². The van der Waals surface area contributed by atoms with Gasteiger partial charge in [-0.15, -0.1) is 0 Å². The van der Waals surface area contributed by atoms with E-state index in [1.54, 1.807) is 0 Å². The average Bonchev–Trinajstić information content (AvgIpc) is 2.88. The summed E-state index contributed by atoms with van der Waals surface area (Å²) in [6.07, 6.45) is 0. The van der Waals surface area contributed by atoms with E-state index in [9.17, 15) is 10.5 Å². The van der Waals surface area contributed by atoms with Crippen molar-refractivity contribution in [3.63, 3.8) is 0 Å². The van der Waals surface area contributed by atoms with E-state index in [1.165, 1.54) is 39.8 Å². The van der Waals surface area contributed by atoms with Crippen molar-refractivity contribution in [2.75, 3.05) is 0 Å². The Bertz CT molecular complexity index is 1820. The third-order valence-corrected chi connectivity index (χ3v) is 6.78. The zero-order valence-corrected chi connectivity index (χ0v) is 19.1. The molecule has 5 aromatic rings. The van der Waals surface area contributed by atoms with Crippen LogP contribution in [0.4, 0.5) is 26.3 Å². The van der Waals surface area contributed by atoms with Crippen molar-refractivity contribution in [3.8, 4) is 12.1 Å². The molecule has 36 heavy (non-hydrogen) atoms. The average molecular weight is 494 g/mol. The fourth-order valence-electron chi connectivity index (χ4n) is 4.61. The lowest BCUT2D eigenvalue weighted by atomic mass is 9.87. The molecule has 0 unspecified atom stereocenters. The summed E-state index contributed by atoms with van der Waals surface area (Å²) in [7, 11) is 0. The normalized spacial score (nSPS) is 11.6. The lowest BCUT2D eigenvalue weighted by Gasteiger charge is -2.19. The zero-order valence-electron chi connectivity index (χ0n) is 19.1. The van der Waals surface area contributed by atoms with E-state index in [4.69, 9.17) is 0 Å².